The summed E-state index contributed by atoms with van der Waals surface area (Å²) in [6.07, 6.45) is 0. The van der Waals surface area contributed by atoms with Crippen LogP contribution in [-0.2, 0) is 0 Å². The summed E-state index contributed by atoms with van der Waals surface area (Å²) in [5.41, 5.74) is -0.666. The first kappa shape index (κ1) is 22.5. The van der Waals surface area contributed by atoms with Gasteiger partial charge in [0.05, 0.1) is 42.7 Å². The van der Waals surface area contributed by atoms with Crippen LogP contribution in [0.5, 0.6) is 34.5 Å². The molecular weight excluding hydrogens is 400 g/mol. The fourth-order valence-electron chi connectivity index (χ4n) is 3.16. The molecule has 0 aliphatic heterocycles. The minimum atomic E-state index is -1.37. The largest absolute Gasteiger partial charge is 0.493 e. The number of methoxy groups -OCH3 is 6. The van der Waals surface area contributed by atoms with Crippen molar-refractivity contribution in [2.45, 2.75) is 0 Å². The summed E-state index contributed by atoms with van der Waals surface area (Å²) in [6.45, 7) is 0. The Balaban J connectivity index is 3.13. The molecule has 162 valence electrons. The van der Waals surface area contributed by atoms with E-state index in [1.54, 1.807) is 0 Å². The summed E-state index contributed by atoms with van der Waals surface area (Å²) >= 11 is 0. The number of carboxylic acids is 2. The van der Waals surface area contributed by atoms with Gasteiger partial charge >= 0.3 is 11.9 Å². The van der Waals surface area contributed by atoms with E-state index < -0.39 is 11.9 Å². The Labute approximate surface area is 172 Å². The molecular formula is C20H22O10. The molecule has 0 radical (unpaired) electrons. The van der Waals surface area contributed by atoms with Crippen molar-refractivity contribution in [3.05, 3.63) is 23.3 Å². The van der Waals surface area contributed by atoms with E-state index in [-0.39, 0.29) is 56.8 Å². The molecule has 0 aliphatic rings. The molecule has 0 spiro atoms. The molecule has 2 N–H and O–H groups in total. The molecule has 10 heteroatoms. The number of benzene rings is 2. The van der Waals surface area contributed by atoms with E-state index in [1.165, 1.54) is 54.8 Å². The third kappa shape index (κ3) is 3.59. The highest BCUT2D eigenvalue weighted by molar-refractivity contribution is 6.07. The van der Waals surface area contributed by atoms with Gasteiger partial charge in [-0.2, -0.15) is 0 Å². The lowest BCUT2D eigenvalue weighted by atomic mass is 9.92. The zero-order chi connectivity index (χ0) is 22.6. The smallest absolute Gasteiger partial charge is 0.340 e. The molecule has 0 bridgehead atoms. The number of carbonyl (C=O) groups is 2. The molecule has 0 aliphatic carbocycles. The Hall–Kier alpha value is -3.82. The number of aromatic carboxylic acids is 2. The van der Waals surface area contributed by atoms with Crippen LogP contribution in [0.2, 0.25) is 0 Å². The quantitative estimate of drug-likeness (QED) is 0.622. The van der Waals surface area contributed by atoms with Gasteiger partial charge < -0.3 is 38.6 Å². The average Bonchev–Trinajstić information content (AvgIpc) is 2.75. The first-order chi connectivity index (χ1) is 14.3. The summed E-state index contributed by atoms with van der Waals surface area (Å²) in [7, 11) is 7.90. The van der Waals surface area contributed by atoms with Crippen molar-refractivity contribution in [3.8, 4) is 45.6 Å². The third-order valence-corrected chi connectivity index (χ3v) is 4.38. The van der Waals surface area contributed by atoms with Crippen molar-refractivity contribution in [1.82, 2.24) is 0 Å². The van der Waals surface area contributed by atoms with Gasteiger partial charge in [-0.1, -0.05) is 0 Å². The summed E-state index contributed by atoms with van der Waals surface area (Å²) < 4.78 is 31.6. The predicted octanol–water partition coefficient (Wildman–Crippen LogP) is 2.80. The molecule has 0 fully saturated rings. The predicted molar refractivity (Wildman–Crippen MR) is 105 cm³/mol. The second-order valence-electron chi connectivity index (χ2n) is 5.75. The Morgan fingerprint density at radius 1 is 0.567 bits per heavy atom. The van der Waals surface area contributed by atoms with Gasteiger partial charge in [-0.25, -0.2) is 9.59 Å². The van der Waals surface area contributed by atoms with Crippen LogP contribution in [0.25, 0.3) is 11.1 Å². The van der Waals surface area contributed by atoms with E-state index in [2.05, 4.69) is 0 Å². The highest BCUT2D eigenvalue weighted by Gasteiger charge is 2.32. The fraction of sp³-hybridized carbons (Fsp3) is 0.300. The lowest BCUT2D eigenvalue weighted by Crippen LogP contribution is -2.10. The standard InChI is InChI=1S/C20H22O10/c1-25-11-7-9(13(19(21)22)17(29-5)15(11)27-3)10-8-12(26-2)16(28-4)18(30-6)14(10)20(23)24/h7-8H,1-6H3,(H,21,22)(H,23,24). The lowest BCUT2D eigenvalue weighted by Gasteiger charge is -2.21. The minimum absolute atomic E-state index is 0.00588. The van der Waals surface area contributed by atoms with Crippen molar-refractivity contribution >= 4 is 11.9 Å². The van der Waals surface area contributed by atoms with E-state index in [0.717, 1.165) is 0 Å². The molecule has 10 nitrogen and oxygen atoms in total. The summed E-state index contributed by atoms with van der Waals surface area (Å²) in [6, 6.07) is 2.69. The van der Waals surface area contributed by atoms with Crippen LogP contribution in [0.1, 0.15) is 20.7 Å². The van der Waals surface area contributed by atoms with Crippen molar-refractivity contribution in [1.29, 1.82) is 0 Å². The van der Waals surface area contributed by atoms with Gasteiger partial charge in [0.15, 0.2) is 23.0 Å². The van der Waals surface area contributed by atoms with E-state index in [9.17, 15) is 19.8 Å². The van der Waals surface area contributed by atoms with E-state index >= 15 is 0 Å². The Kier molecular flexibility index (Phi) is 6.83. The van der Waals surface area contributed by atoms with E-state index in [0.29, 0.717) is 0 Å². The molecule has 0 amide bonds. The Morgan fingerprint density at radius 3 is 1.07 bits per heavy atom. The van der Waals surface area contributed by atoms with Crippen molar-refractivity contribution in [2.24, 2.45) is 0 Å². The minimum Gasteiger partial charge on any atom is -0.493 e. The maximum Gasteiger partial charge on any atom is 0.340 e. The molecule has 0 heterocycles. The van der Waals surface area contributed by atoms with Gasteiger partial charge in [0.25, 0.3) is 0 Å². The molecule has 0 atom stereocenters. The van der Waals surface area contributed by atoms with Crippen LogP contribution in [0.4, 0.5) is 0 Å². The Bertz CT molecular complexity index is 901. The topological polar surface area (TPSA) is 130 Å². The van der Waals surface area contributed by atoms with Crippen LogP contribution >= 0.6 is 0 Å². The normalized spacial score (nSPS) is 10.2. The van der Waals surface area contributed by atoms with Gasteiger partial charge in [-0.3, -0.25) is 0 Å². The van der Waals surface area contributed by atoms with Gasteiger partial charge in [0.1, 0.15) is 11.1 Å². The van der Waals surface area contributed by atoms with Gasteiger partial charge in [0.2, 0.25) is 11.5 Å². The lowest BCUT2D eigenvalue weighted by molar-refractivity contribution is 0.0679. The molecule has 2 aromatic rings. The summed E-state index contributed by atoms with van der Waals surface area (Å²) in [5, 5.41) is 19.8. The zero-order valence-corrected chi connectivity index (χ0v) is 17.3. The maximum atomic E-state index is 12.1. The third-order valence-electron chi connectivity index (χ3n) is 4.38. The van der Waals surface area contributed by atoms with Crippen molar-refractivity contribution < 1.29 is 48.2 Å². The second-order valence-corrected chi connectivity index (χ2v) is 5.75. The highest BCUT2D eigenvalue weighted by atomic mass is 16.5. The molecule has 0 unspecified atom stereocenters. The van der Waals surface area contributed by atoms with Crippen LogP contribution in [0, 0.1) is 0 Å². The summed E-state index contributed by atoms with van der Waals surface area (Å²) in [4.78, 5) is 24.3. The van der Waals surface area contributed by atoms with E-state index in [4.69, 9.17) is 28.4 Å². The highest BCUT2D eigenvalue weighted by Crippen LogP contribution is 2.50. The summed E-state index contributed by atoms with van der Waals surface area (Å²) in [5.74, 6) is -2.63. The number of hydrogen-bond donors (Lipinski definition) is 2. The first-order valence-electron chi connectivity index (χ1n) is 8.43. The van der Waals surface area contributed by atoms with Gasteiger partial charge in [0, 0.05) is 11.1 Å². The van der Waals surface area contributed by atoms with Crippen LogP contribution < -0.4 is 28.4 Å². The molecule has 0 aromatic heterocycles. The molecule has 30 heavy (non-hydrogen) atoms. The average molecular weight is 422 g/mol. The van der Waals surface area contributed by atoms with Gasteiger partial charge in [-0.15, -0.1) is 0 Å². The molecule has 2 aromatic carbocycles. The SMILES string of the molecule is COc1cc(-c2cc(OC)c(OC)c(OC)c2C(=O)O)c(C(=O)O)c(OC)c1OC. The van der Waals surface area contributed by atoms with E-state index in [1.807, 2.05) is 0 Å². The molecule has 2 rings (SSSR count). The molecule has 0 saturated carbocycles. The monoisotopic (exact) mass is 422 g/mol. The van der Waals surface area contributed by atoms with Crippen molar-refractivity contribution in [3.63, 3.8) is 0 Å². The molecule has 0 saturated heterocycles. The van der Waals surface area contributed by atoms with Crippen LogP contribution in [0.3, 0.4) is 0 Å². The van der Waals surface area contributed by atoms with Crippen molar-refractivity contribution in [2.75, 3.05) is 42.7 Å². The fourth-order valence-corrected chi connectivity index (χ4v) is 3.16. The Morgan fingerprint density at radius 2 is 0.867 bits per heavy atom. The van der Waals surface area contributed by atoms with Crippen LogP contribution in [-0.4, -0.2) is 64.8 Å². The second kappa shape index (κ2) is 9.12. The zero-order valence-electron chi connectivity index (χ0n) is 17.3. The first-order valence-corrected chi connectivity index (χ1v) is 8.43. The van der Waals surface area contributed by atoms with Crippen LogP contribution in [0.15, 0.2) is 12.1 Å². The number of carboxylic acid groups (broad SMARTS) is 2. The number of rotatable bonds is 9. The number of hydrogen-bond acceptors (Lipinski definition) is 8. The van der Waals surface area contributed by atoms with Gasteiger partial charge in [-0.05, 0) is 12.1 Å². The number of ether oxygens (including phenoxy) is 6. The maximum absolute atomic E-state index is 12.1.